The highest BCUT2D eigenvalue weighted by Gasteiger charge is 2.49. The summed E-state index contributed by atoms with van der Waals surface area (Å²) >= 11 is 5.19. The fraction of sp³-hybridized carbons (Fsp3) is 0.706. The van der Waals surface area contributed by atoms with Gasteiger partial charge in [-0.15, -0.1) is 0 Å². The topological polar surface area (TPSA) is 122 Å². The molecular weight excluding hydrogens is 358 g/mol. The van der Waals surface area contributed by atoms with Gasteiger partial charge in [0.1, 0.15) is 12.3 Å². The predicted molar refractivity (Wildman–Crippen MR) is 96.5 cm³/mol. The molecule has 0 unspecified atom stereocenters. The van der Waals surface area contributed by atoms with Crippen LogP contribution in [-0.4, -0.2) is 46.1 Å². The molecule has 0 aliphatic carbocycles. The van der Waals surface area contributed by atoms with Crippen LogP contribution in [0.1, 0.15) is 51.7 Å². The number of nitrogens with one attached hydrogen (secondary N) is 1. The fourth-order valence-electron chi connectivity index (χ4n) is 2.98. The normalized spacial score (nSPS) is 25.3. The van der Waals surface area contributed by atoms with Crippen molar-refractivity contribution in [3.8, 4) is 0 Å². The molecule has 0 saturated carbocycles. The van der Waals surface area contributed by atoms with Crippen molar-refractivity contribution in [2.24, 2.45) is 0 Å². The van der Waals surface area contributed by atoms with Gasteiger partial charge in [0.05, 0.1) is 6.61 Å². The Labute approximate surface area is 157 Å². The minimum Gasteiger partial charge on any atom is -0.456 e. The lowest BCUT2D eigenvalue weighted by Gasteiger charge is -2.19. The Kier molecular flexibility index (Phi) is 7.95. The van der Waals surface area contributed by atoms with Gasteiger partial charge >= 0.3 is 10.7 Å². The Morgan fingerprint density at radius 2 is 2.15 bits per heavy atom. The zero-order chi connectivity index (χ0) is 19.1. The van der Waals surface area contributed by atoms with Gasteiger partial charge < -0.3 is 25.4 Å². The van der Waals surface area contributed by atoms with E-state index in [1.165, 1.54) is 4.57 Å². The number of nitrogen functional groups attached to an aromatic ring is 1. The molecule has 9 heteroatoms. The molecule has 5 N–H and O–H groups in total. The van der Waals surface area contributed by atoms with Crippen molar-refractivity contribution in [2.75, 3.05) is 12.3 Å². The number of carbonyl (C=O) groups excluding carboxylic acids is 1. The molecule has 1 aliphatic heterocycles. The van der Waals surface area contributed by atoms with Crippen molar-refractivity contribution in [2.45, 2.75) is 70.0 Å². The second kappa shape index (κ2) is 9.96. The van der Waals surface area contributed by atoms with E-state index in [-0.39, 0.29) is 17.8 Å². The molecule has 1 aromatic rings. The first-order valence-electron chi connectivity index (χ1n) is 9.01. The summed E-state index contributed by atoms with van der Waals surface area (Å²) in [5.41, 5.74) is 5.64. The number of esters is 1. The number of carbonyl (C=O) groups is 1. The largest absolute Gasteiger partial charge is 0.456 e. The summed E-state index contributed by atoms with van der Waals surface area (Å²) in [6.07, 6.45) is 3.15. The van der Waals surface area contributed by atoms with E-state index < -0.39 is 30.5 Å². The average molecular weight is 386 g/mol. The smallest absolute Gasteiger partial charge is 0.352 e. The zero-order valence-corrected chi connectivity index (χ0v) is 15.8. The third-order valence-electron chi connectivity index (χ3n) is 4.42. The number of unbranched alkanes of at least 4 members (excludes halogenated alkanes) is 4. The average Bonchev–Trinajstić information content (AvgIpc) is 2.91. The molecule has 8 nitrogen and oxygen atoms in total. The highest BCUT2D eigenvalue weighted by Crippen LogP contribution is 2.28. The molecule has 1 aliphatic rings. The van der Waals surface area contributed by atoms with E-state index in [0.29, 0.717) is 5.82 Å². The standard InChI is InChI=1S/C17H27N3O5S/c1-2-3-4-5-6-7-13(22)25-15-11(10-21)24-16(14(15)23)20-9-8-12(18)19-17(20)26/h8-9,11,14-16,21,23H,2-7,10H2,1H3,(H2,18,19,26)/p+1/t11-,14+,15-,16-/m1/s1. The number of ether oxygens (including phenoxy) is 2. The maximum atomic E-state index is 12.1. The van der Waals surface area contributed by atoms with Crippen LogP contribution < -0.4 is 10.3 Å². The van der Waals surface area contributed by atoms with Gasteiger partial charge in [-0.3, -0.25) is 4.79 Å². The molecule has 146 valence electrons. The number of nitrogens with two attached hydrogens (primary N) is 1. The number of anilines is 1. The van der Waals surface area contributed by atoms with Crippen molar-refractivity contribution in [1.82, 2.24) is 4.98 Å². The van der Waals surface area contributed by atoms with Gasteiger partial charge in [-0.2, -0.15) is 4.57 Å². The molecule has 0 spiro atoms. The summed E-state index contributed by atoms with van der Waals surface area (Å²) in [6.45, 7) is 1.75. The molecule has 4 atom stereocenters. The maximum Gasteiger partial charge on any atom is 0.352 e. The molecule has 1 fully saturated rings. The monoisotopic (exact) mass is 386 g/mol. The first kappa shape index (κ1) is 20.8. The number of hydrogen-bond donors (Lipinski definition) is 4. The first-order chi connectivity index (χ1) is 12.5. The van der Waals surface area contributed by atoms with Gasteiger partial charge in [-0.05, 0) is 6.42 Å². The number of aliphatic hydroxyl groups excluding tert-OH is 2. The van der Waals surface area contributed by atoms with Crippen LogP contribution in [0.3, 0.4) is 0 Å². The molecule has 0 aromatic carbocycles. The third-order valence-corrected chi connectivity index (χ3v) is 4.73. The Morgan fingerprint density at radius 1 is 1.42 bits per heavy atom. The van der Waals surface area contributed by atoms with Crippen molar-refractivity contribution >= 4 is 24.0 Å². The van der Waals surface area contributed by atoms with Crippen molar-refractivity contribution < 1.29 is 29.0 Å². The van der Waals surface area contributed by atoms with Gasteiger partial charge in [0.15, 0.2) is 18.0 Å². The highest BCUT2D eigenvalue weighted by molar-refractivity contribution is 7.71. The summed E-state index contributed by atoms with van der Waals surface area (Å²) in [6, 6.07) is 1.58. The first-order valence-corrected chi connectivity index (χ1v) is 9.42. The summed E-state index contributed by atoms with van der Waals surface area (Å²) < 4.78 is 12.8. The van der Waals surface area contributed by atoms with E-state index in [1.807, 2.05) is 0 Å². The number of nitrogens with zero attached hydrogens (tertiary/aromatic N) is 1. The number of rotatable bonds is 9. The lowest BCUT2D eigenvalue weighted by atomic mass is 10.1. The maximum absolute atomic E-state index is 12.1. The van der Waals surface area contributed by atoms with Crippen LogP contribution in [0.15, 0.2) is 12.3 Å². The summed E-state index contributed by atoms with van der Waals surface area (Å²) in [7, 11) is 0. The Morgan fingerprint density at radius 3 is 2.81 bits per heavy atom. The van der Waals surface area contributed by atoms with Crippen LogP contribution in [0.25, 0.3) is 0 Å². The van der Waals surface area contributed by atoms with E-state index in [9.17, 15) is 15.0 Å². The van der Waals surface area contributed by atoms with Crippen LogP contribution in [0.2, 0.25) is 0 Å². The quantitative estimate of drug-likeness (QED) is 0.217. The number of aliphatic hydroxyl groups is 2. The SMILES string of the molecule is CCCCCCCC(=O)O[C@H]1[C@H](O)[C@H]([n+]2ccc(N)[nH]c2=S)O[C@@H]1CO. The van der Waals surface area contributed by atoms with Crippen LogP contribution in [0, 0.1) is 4.77 Å². The van der Waals surface area contributed by atoms with Crippen LogP contribution >= 0.6 is 12.2 Å². The molecule has 1 saturated heterocycles. The summed E-state index contributed by atoms with van der Waals surface area (Å²) in [5, 5.41) is 20.1. The van der Waals surface area contributed by atoms with E-state index in [1.54, 1.807) is 12.3 Å². The van der Waals surface area contributed by atoms with Crippen LogP contribution in [0.5, 0.6) is 0 Å². The Hall–Kier alpha value is -1.55. The number of H-pyrrole nitrogens is 1. The molecule has 26 heavy (non-hydrogen) atoms. The molecule has 2 rings (SSSR count). The van der Waals surface area contributed by atoms with Gasteiger partial charge in [-0.25, -0.2) is 4.98 Å². The van der Waals surface area contributed by atoms with Crippen LogP contribution in [-0.2, 0) is 14.3 Å². The Balaban J connectivity index is 1.97. The Bertz CT molecular complexity index is 654. The summed E-state index contributed by atoms with van der Waals surface area (Å²) in [4.78, 5) is 14.8. The number of hydrogen-bond acceptors (Lipinski definition) is 7. The molecule has 0 bridgehead atoms. The molecule has 0 amide bonds. The lowest BCUT2D eigenvalue weighted by molar-refractivity contribution is -0.773. The molecule has 0 radical (unpaired) electrons. The predicted octanol–water partition coefficient (Wildman–Crippen LogP) is 1.14. The molecule has 2 heterocycles. The molecular formula is C17H28N3O5S+. The van der Waals surface area contributed by atoms with Gasteiger partial charge in [0, 0.05) is 24.7 Å². The second-order valence-electron chi connectivity index (χ2n) is 6.47. The van der Waals surface area contributed by atoms with Gasteiger partial charge in [0.25, 0.3) is 0 Å². The van der Waals surface area contributed by atoms with Crippen molar-refractivity contribution in [3.63, 3.8) is 0 Å². The zero-order valence-electron chi connectivity index (χ0n) is 15.0. The van der Waals surface area contributed by atoms with E-state index in [2.05, 4.69) is 11.9 Å². The van der Waals surface area contributed by atoms with Gasteiger partial charge in [0.2, 0.25) is 6.23 Å². The minimum absolute atomic E-state index is 0.258. The summed E-state index contributed by atoms with van der Waals surface area (Å²) in [5.74, 6) is -0.0239. The van der Waals surface area contributed by atoms with E-state index in [4.69, 9.17) is 27.4 Å². The van der Waals surface area contributed by atoms with E-state index in [0.717, 1.165) is 32.1 Å². The van der Waals surface area contributed by atoms with Crippen molar-refractivity contribution in [3.05, 3.63) is 17.0 Å². The lowest BCUT2D eigenvalue weighted by Crippen LogP contribution is -2.48. The third kappa shape index (κ3) is 5.23. The number of aromatic nitrogens is 2. The molecule has 1 aromatic heterocycles. The second-order valence-corrected chi connectivity index (χ2v) is 6.85. The highest BCUT2D eigenvalue weighted by atomic mass is 32.1. The van der Waals surface area contributed by atoms with E-state index >= 15 is 0 Å². The van der Waals surface area contributed by atoms with Crippen LogP contribution in [0.4, 0.5) is 5.82 Å². The minimum atomic E-state index is -1.15. The van der Waals surface area contributed by atoms with Gasteiger partial charge in [-0.1, -0.05) is 32.6 Å². The number of aromatic amines is 1. The van der Waals surface area contributed by atoms with Crippen molar-refractivity contribution in [1.29, 1.82) is 0 Å². The fourth-order valence-corrected chi connectivity index (χ4v) is 3.27.